The van der Waals surface area contributed by atoms with Gasteiger partial charge in [0, 0.05) is 13.6 Å². The van der Waals surface area contributed by atoms with E-state index in [1.54, 1.807) is 35.8 Å². The maximum Gasteiger partial charge on any atom is 0.277 e. The zero-order valence-electron chi connectivity index (χ0n) is 12.3. The van der Waals surface area contributed by atoms with Crippen LogP contribution in [0.5, 0.6) is 0 Å². The van der Waals surface area contributed by atoms with Crippen LogP contribution >= 0.6 is 23.5 Å². The Morgan fingerprint density at radius 3 is 2.73 bits per heavy atom. The lowest BCUT2D eigenvalue weighted by Crippen LogP contribution is -2.27. The van der Waals surface area contributed by atoms with Gasteiger partial charge in [0.05, 0.1) is 11.5 Å². The first-order valence-corrected chi connectivity index (χ1v) is 8.89. The van der Waals surface area contributed by atoms with Gasteiger partial charge in [0.2, 0.25) is 11.8 Å². The second kappa shape index (κ2) is 8.19. The molecule has 0 unspecified atom stereocenters. The molecule has 1 heterocycles. The Bertz CT molecular complexity index is 619. The summed E-state index contributed by atoms with van der Waals surface area (Å²) in [5.74, 6) is 1.09. The molecule has 0 radical (unpaired) electrons. The van der Waals surface area contributed by atoms with Gasteiger partial charge < -0.3 is 9.32 Å². The minimum Gasteiger partial charge on any atom is -0.415 e. The molecule has 2 rings (SSSR count). The van der Waals surface area contributed by atoms with Gasteiger partial charge in [0.25, 0.3) is 5.22 Å². The lowest BCUT2D eigenvalue weighted by atomic mass is 10.2. The average Bonchev–Trinajstić information content (AvgIpc) is 2.95. The summed E-state index contributed by atoms with van der Waals surface area (Å²) in [6.07, 6.45) is 1.95. The number of rotatable bonds is 7. The Balaban J connectivity index is 1.81. The van der Waals surface area contributed by atoms with E-state index >= 15 is 0 Å². The zero-order chi connectivity index (χ0) is 15.9. The summed E-state index contributed by atoms with van der Waals surface area (Å²) >= 11 is 2.81. The molecule has 5 nitrogen and oxygen atoms in total. The van der Waals surface area contributed by atoms with Gasteiger partial charge in [-0.1, -0.05) is 23.9 Å². The van der Waals surface area contributed by atoms with Crippen molar-refractivity contribution in [1.82, 2.24) is 15.1 Å². The SMILES string of the molecule is CSCc1nnc(SCC(=O)N(C)Cc2ccc(F)cc2)o1. The number of aromatic nitrogens is 2. The number of halogens is 1. The highest BCUT2D eigenvalue weighted by Crippen LogP contribution is 2.18. The molecule has 0 aliphatic carbocycles. The fourth-order valence-corrected chi connectivity index (χ4v) is 2.75. The molecule has 1 aromatic carbocycles. The van der Waals surface area contributed by atoms with Crippen LogP contribution in [-0.2, 0) is 17.1 Å². The van der Waals surface area contributed by atoms with Crippen molar-refractivity contribution in [3.05, 3.63) is 41.5 Å². The summed E-state index contributed by atoms with van der Waals surface area (Å²) in [5.41, 5.74) is 0.877. The van der Waals surface area contributed by atoms with Crippen molar-refractivity contribution in [2.45, 2.75) is 17.5 Å². The quantitative estimate of drug-likeness (QED) is 0.722. The van der Waals surface area contributed by atoms with E-state index in [1.807, 2.05) is 6.26 Å². The third-order valence-electron chi connectivity index (χ3n) is 2.79. The molecule has 0 bridgehead atoms. The number of amides is 1. The molecule has 0 saturated heterocycles. The Labute approximate surface area is 136 Å². The van der Waals surface area contributed by atoms with Crippen molar-refractivity contribution in [3.63, 3.8) is 0 Å². The first-order chi connectivity index (χ1) is 10.6. The van der Waals surface area contributed by atoms with E-state index in [0.29, 0.717) is 23.4 Å². The molecule has 0 N–H and O–H groups in total. The maximum absolute atomic E-state index is 12.8. The molecule has 0 spiro atoms. The van der Waals surface area contributed by atoms with Crippen molar-refractivity contribution < 1.29 is 13.6 Å². The third-order valence-corrected chi connectivity index (χ3v) is 4.13. The summed E-state index contributed by atoms with van der Waals surface area (Å²) in [6, 6.07) is 6.10. The van der Waals surface area contributed by atoms with Gasteiger partial charge in [-0.25, -0.2) is 4.39 Å². The second-order valence-corrected chi connectivity index (χ2v) is 6.35. The summed E-state index contributed by atoms with van der Waals surface area (Å²) in [7, 11) is 1.71. The van der Waals surface area contributed by atoms with Crippen molar-refractivity contribution in [2.24, 2.45) is 0 Å². The average molecular weight is 341 g/mol. The van der Waals surface area contributed by atoms with E-state index in [9.17, 15) is 9.18 Å². The van der Waals surface area contributed by atoms with Crippen LogP contribution in [0.2, 0.25) is 0 Å². The highest BCUT2D eigenvalue weighted by Gasteiger charge is 2.13. The number of benzene rings is 1. The maximum atomic E-state index is 12.8. The standard InChI is InChI=1S/C14H16FN3O2S2/c1-18(7-10-3-5-11(15)6-4-10)13(19)9-22-14-17-16-12(20-14)8-21-2/h3-6H,7-9H2,1-2H3. The fraction of sp³-hybridized carbons (Fsp3) is 0.357. The zero-order valence-corrected chi connectivity index (χ0v) is 13.9. The van der Waals surface area contributed by atoms with Gasteiger partial charge in [0.15, 0.2) is 0 Å². The number of hydrogen-bond donors (Lipinski definition) is 0. The largest absolute Gasteiger partial charge is 0.415 e. The van der Waals surface area contributed by atoms with E-state index in [-0.39, 0.29) is 17.5 Å². The van der Waals surface area contributed by atoms with Crippen LogP contribution in [-0.4, -0.2) is 40.1 Å². The third kappa shape index (κ3) is 5.03. The van der Waals surface area contributed by atoms with Gasteiger partial charge in [-0.3, -0.25) is 4.79 Å². The van der Waals surface area contributed by atoms with E-state index < -0.39 is 0 Å². The van der Waals surface area contributed by atoms with Crippen molar-refractivity contribution in [2.75, 3.05) is 19.1 Å². The minimum absolute atomic E-state index is 0.0565. The molecule has 118 valence electrons. The Morgan fingerprint density at radius 1 is 1.32 bits per heavy atom. The second-order valence-electron chi connectivity index (χ2n) is 4.56. The molecule has 22 heavy (non-hydrogen) atoms. The van der Waals surface area contributed by atoms with Crippen LogP contribution < -0.4 is 0 Å². The number of carbonyl (C=O) groups is 1. The van der Waals surface area contributed by atoms with Crippen LogP contribution in [0.4, 0.5) is 4.39 Å². The lowest BCUT2D eigenvalue weighted by molar-refractivity contribution is -0.127. The molecule has 0 aliphatic heterocycles. The smallest absolute Gasteiger partial charge is 0.277 e. The van der Waals surface area contributed by atoms with Crippen molar-refractivity contribution >= 4 is 29.4 Å². The van der Waals surface area contributed by atoms with Gasteiger partial charge in [-0.15, -0.1) is 10.2 Å². The molecule has 0 atom stereocenters. The van der Waals surface area contributed by atoms with Gasteiger partial charge in [-0.05, 0) is 24.0 Å². The summed E-state index contributed by atoms with van der Waals surface area (Å²) in [4.78, 5) is 13.6. The molecule has 0 fully saturated rings. The predicted octanol–water partition coefficient (Wildman–Crippen LogP) is 2.82. The van der Waals surface area contributed by atoms with Crippen LogP contribution in [0.25, 0.3) is 0 Å². The normalized spacial score (nSPS) is 10.7. The Hall–Kier alpha value is -1.54. The molecule has 8 heteroatoms. The van der Waals surface area contributed by atoms with E-state index in [2.05, 4.69) is 10.2 Å². The predicted molar refractivity (Wildman–Crippen MR) is 85.1 cm³/mol. The van der Waals surface area contributed by atoms with Crippen molar-refractivity contribution in [1.29, 1.82) is 0 Å². The van der Waals surface area contributed by atoms with E-state index in [0.717, 1.165) is 5.56 Å². The lowest BCUT2D eigenvalue weighted by Gasteiger charge is -2.16. The highest BCUT2D eigenvalue weighted by molar-refractivity contribution is 7.99. The summed E-state index contributed by atoms with van der Waals surface area (Å²) < 4.78 is 18.2. The minimum atomic E-state index is -0.286. The Kier molecular flexibility index (Phi) is 6.26. The number of nitrogens with zero attached hydrogens (tertiary/aromatic N) is 3. The summed E-state index contributed by atoms with van der Waals surface area (Å²) in [5, 5.41) is 8.16. The van der Waals surface area contributed by atoms with Gasteiger partial charge in [-0.2, -0.15) is 11.8 Å². The van der Waals surface area contributed by atoms with E-state index in [1.165, 1.54) is 23.9 Å². The molecule has 1 amide bonds. The molecular formula is C14H16FN3O2S2. The van der Waals surface area contributed by atoms with Crippen LogP contribution in [0.15, 0.2) is 33.9 Å². The molecule has 0 saturated carbocycles. The van der Waals surface area contributed by atoms with Crippen molar-refractivity contribution in [3.8, 4) is 0 Å². The van der Waals surface area contributed by atoms with Crippen LogP contribution in [0.3, 0.4) is 0 Å². The first-order valence-electron chi connectivity index (χ1n) is 6.51. The fourth-order valence-electron chi connectivity index (χ4n) is 1.66. The van der Waals surface area contributed by atoms with Gasteiger partial charge >= 0.3 is 0 Å². The molecular weight excluding hydrogens is 325 g/mol. The van der Waals surface area contributed by atoms with Gasteiger partial charge in [0.1, 0.15) is 5.82 Å². The highest BCUT2D eigenvalue weighted by atomic mass is 32.2. The van der Waals surface area contributed by atoms with Crippen LogP contribution in [0.1, 0.15) is 11.5 Å². The van der Waals surface area contributed by atoms with E-state index in [4.69, 9.17) is 4.42 Å². The topological polar surface area (TPSA) is 59.2 Å². The molecule has 2 aromatic rings. The molecule has 1 aromatic heterocycles. The number of carbonyl (C=O) groups excluding carboxylic acids is 1. The Morgan fingerprint density at radius 2 is 2.05 bits per heavy atom. The molecule has 0 aliphatic rings. The summed E-state index contributed by atoms with van der Waals surface area (Å²) in [6.45, 7) is 0.432. The monoisotopic (exact) mass is 341 g/mol. The first kappa shape index (κ1) is 16.8. The van der Waals surface area contributed by atoms with Crippen LogP contribution in [0, 0.1) is 5.82 Å². The number of hydrogen-bond acceptors (Lipinski definition) is 6. The number of thioether (sulfide) groups is 2.